The maximum absolute atomic E-state index is 13.4. The van der Waals surface area contributed by atoms with Gasteiger partial charge in [0, 0.05) is 38.4 Å². The molecule has 0 radical (unpaired) electrons. The lowest BCUT2D eigenvalue weighted by Crippen LogP contribution is -2.46. The van der Waals surface area contributed by atoms with Gasteiger partial charge in [-0.15, -0.1) is 0 Å². The van der Waals surface area contributed by atoms with E-state index in [0.29, 0.717) is 12.1 Å². The van der Waals surface area contributed by atoms with Crippen molar-refractivity contribution in [1.82, 2.24) is 4.90 Å². The molecule has 1 heterocycles. The number of aryl methyl sites for hydroxylation is 1. The maximum atomic E-state index is 13.4. The smallest absolute Gasteiger partial charge is 0.123 e. The first-order valence-electron chi connectivity index (χ1n) is 7.88. The normalized spacial score (nSPS) is 15.4. The van der Waals surface area contributed by atoms with Gasteiger partial charge in [-0.05, 0) is 48.4 Å². The summed E-state index contributed by atoms with van der Waals surface area (Å²) >= 11 is 0. The highest BCUT2D eigenvalue weighted by atomic mass is 19.1. The minimum Gasteiger partial charge on any atom is -0.369 e. The summed E-state index contributed by atoms with van der Waals surface area (Å²) in [5.41, 5.74) is 3.86. The Bertz CT molecular complexity index is 728. The van der Waals surface area contributed by atoms with Crippen molar-refractivity contribution in [2.24, 2.45) is 0 Å². The van der Waals surface area contributed by atoms with Crippen LogP contribution in [0.3, 0.4) is 0 Å². The molecule has 0 saturated carbocycles. The van der Waals surface area contributed by atoms with Gasteiger partial charge < -0.3 is 4.90 Å². The van der Waals surface area contributed by atoms with Crippen molar-refractivity contribution < 1.29 is 4.39 Å². The molecular formula is C19H20FN3. The van der Waals surface area contributed by atoms with Gasteiger partial charge in [0.25, 0.3) is 0 Å². The second-order valence-corrected chi connectivity index (χ2v) is 6.02. The number of hydrogen-bond donors (Lipinski definition) is 0. The molecule has 1 saturated heterocycles. The molecule has 3 rings (SSSR count). The largest absolute Gasteiger partial charge is 0.369 e. The van der Waals surface area contributed by atoms with Gasteiger partial charge >= 0.3 is 0 Å². The number of benzene rings is 2. The molecule has 0 atom stereocenters. The summed E-state index contributed by atoms with van der Waals surface area (Å²) in [7, 11) is 0. The fourth-order valence-corrected chi connectivity index (χ4v) is 3.03. The van der Waals surface area contributed by atoms with E-state index in [1.54, 1.807) is 6.07 Å². The Labute approximate surface area is 136 Å². The first-order valence-corrected chi connectivity index (χ1v) is 7.88. The van der Waals surface area contributed by atoms with E-state index in [2.05, 4.69) is 47.1 Å². The molecule has 0 N–H and O–H groups in total. The van der Waals surface area contributed by atoms with Gasteiger partial charge in [-0.25, -0.2) is 4.39 Å². The van der Waals surface area contributed by atoms with E-state index in [1.165, 1.54) is 23.4 Å². The highest BCUT2D eigenvalue weighted by molar-refractivity contribution is 5.48. The Balaban J connectivity index is 1.64. The van der Waals surface area contributed by atoms with Crippen LogP contribution < -0.4 is 4.90 Å². The fraction of sp³-hybridized carbons (Fsp3) is 0.316. The number of rotatable bonds is 3. The molecule has 0 spiro atoms. The van der Waals surface area contributed by atoms with E-state index in [0.717, 1.165) is 31.7 Å². The van der Waals surface area contributed by atoms with Crippen LogP contribution in [0, 0.1) is 24.1 Å². The number of nitrogens with zero attached hydrogens (tertiary/aromatic N) is 3. The molecule has 0 aromatic heterocycles. The Morgan fingerprint density at radius 2 is 1.87 bits per heavy atom. The van der Waals surface area contributed by atoms with Gasteiger partial charge in [0.15, 0.2) is 0 Å². The molecule has 0 unspecified atom stereocenters. The van der Waals surface area contributed by atoms with Crippen LogP contribution in [0.15, 0.2) is 42.5 Å². The number of anilines is 1. The maximum Gasteiger partial charge on any atom is 0.123 e. The number of halogens is 1. The van der Waals surface area contributed by atoms with Gasteiger partial charge in [0.2, 0.25) is 0 Å². The molecule has 0 aliphatic carbocycles. The molecule has 0 bridgehead atoms. The van der Waals surface area contributed by atoms with Gasteiger partial charge in [-0.2, -0.15) is 5.26 Å². The Morgan fingerprint density at radius 1 is 1.09 bits per heavy atom. The van der Waals surface area contributed by atoms with Crippen LogP contribution in [0.4, 0.5) is 10.1 Å². The number of nitriles is 1. The molecule has 0 amide bonds. The zero-order valence-corrected chi connectivity index (χ0v) is 13.3. The highest BCUT2D eigenvalue weighted by Gasteiger charge is 2.18. The Kier molecular flexibility index (Phi) is 4.59. The van der Waals surface area contributed by atoms with E-state index < -0.39 is 0 Å². The monoisotopic (exact) mass is 309 g/mol. The third kappa shape index (κ3) is 3.69. The first-order chi connectivity index (χ1) is 11.2. The van der Waals surface area contributed by atoms with Gasteiger partial charge in [0.1, 0.15) is 5.82 Å². The average molecular weight is 309 g/mol. The molecule has 1 fully saturated rings. The third-order valence-electron chi connectivity index (χ3n) is 4.32. The lowest BCUT2D eigenvalue weighted by atomic mass is 10.1. The van der Waals surface area contributed by atoms with Crippen molar-refractivity contribution in [3.8, 4) is 6.07 Å². The Morgan fingerprint density at radius 3 is 2.57 bits per heavy atom. The average Bonchev–Trinajstić information content (AvgIpc) is 2.56. The molecule has 118 valence electrons. The molecule has 23 heavy (non-hydrogen) atoms. The topological polar surface area (TPSA) is 30.3 Å². The van der Waals surface area contributed by atoms with Crippen LogP contribution >= 0.6 is 0 Å². The second kappa shape index (κ2) is 6.80. The van der Waals surface area contributed by atoms with Crippen molar-refractivity contribution in [2.45, 2.75) is 13.5 Å². The van der Waals surface area contributed by atoms with Crippen LogP contribution in [0.25, 0.3) is 0 Å². The third-order valence-corrected chi connectivity index (χ3v) is 4.32. The van der Waals surface area contributed by atoms with Crippen molar-refractivity contribution in [2.75, 3.05) is 31.1 Å². The molecule has 2 aromatic carbocycles. The van der Waals surface area contributed by atoms with Gasteiger partial charge in [-0.3, -0.25) is 4.90 Å². The van der Waals surface area contributed by atoms with Crippen LogP contribution in [0.5, 0.6) is 0 Å². The summed E-state index contributed by atoms with van der Waals surface area (Å²) < 4.78 is 13.4. The summed E-state index contributed by atoms with van der Waals surface area (Å²) in [6, 6.07) is 15.1. The van der Waals surface area contributed by atoms with Crippen molar-refractivity contribution in [1.29, 1.82) is 5.26 Å². The molecule has 3 nitrogen and oxygen atoms in total. The molecule has 1 aliphatic rings. The van der Waals surface area contributed by atoms with Gasteiger partial charge in [-0.1, -0.05) is 12.1 Å². The Hall–Kier alpha value is -2.38. The summed E-state index contributed by atoms with van der Waals surface area (Å²) in [4.78, 5) is 4.65. The molecule has 1 aliphatic heterocycles. The number of piperazine rings is 1. The lowest BCUT2D eigenvalue weighted by molar-refractivity contribution is 0.249. The number of hydrogen-bond acceptors (Lipinski definition) is 3. The molecule has 4 heteroatoms. The van der Waals surface area contributed by atoms with Crippen molar-refractivity contribution in [3.63, 3.8) is 0 Å². The van der Waals surface area contributed by atoms with Gasteiger partial charge in [0.05, 0.1) is 11.6 Å². The van der Waals surface area contributed by atoms with Crippen LogP contribution in [-0.4, -0.2) is 31.1 Å². The second-order valence-electron chi connectivity index (χ2n) is 6.02. The summed E-state index contributed by atoms with van der Waals surface area (Å²) in [6.45, 7) is 6.45. The van der Waals surface area contributed by atoms with Crippen LogP contribution in [0.2, 0.25) is 0 Å². The highest BCUT2D eigenvalue weighted by Crippen LogP contribution is 2.19. The summed E-state index contributed by atoms with van der Waals surface area (Å²) in [5.74, 6) is -0.280. The van der Waals surface area contributed by atoms with E-state index in [4.69, 9.17) is 5.26 Å². The molecular weight excluding hydrogens is 289 g/mol. The van der Waals surface area contributed by atoms with E-state index in [9.17, 15) is 4.39 Å². The zero-order chi connectivity index (χ0) is 16.2. The molecule has 2 aromatic rings. The standard InChI is InChI=1S/C19H20FN3/c1-15-3-2-4-19(11-15)23-9-7-22(8-10-23)14-17-12-18(20)6-5-16(17)13-21/h2-6,11-12H,7-10,14H2,1H3. The minimum absolute atomic E-state index is 0.280. The quantitative estimate of drug-likeness (QED) is 0.871. The SMILES string of the molecule is Cc1cccc(N2CCN(Cc3cc(F)ccc3C#N)CC2)c1. The van der Waals surface area contributed by atoms with Crippen molar-refractivity contribution >= 4 is 5.69 Å². The first kappa shape index (κ1) is 15.5. The van der Waals surface area contributed by atoms with Crippen molar-refractivity contribution in [3.05, 3.63) is 65.0 Å². The van der Waals surface area contributed by atoms with E-state index in [-0.39, 0.29) is 5.82 Å². The summed E-state index contributed by atoms with van der Waals surface area (Å²) in [5, 5.41) is 9.16. The van der Waals surface area contributed by atoms with Crippen LogP contribution in [0.1, 0.15) is 16.7 Å². The van der Waals surface area contributed by atoms with E-state index >= 15 is 0 Å². The summed E-state index contributed by atoms with van der Waals surface area (Å²) in [6.07, 6.45) is 0. The zero-order valence-electron chi connectivity index (χ0n) is 13.3. The van der Waals surface area contributed by atoms with Crippen LogP contribution in [-0.2, 0) is 6.54 Å². The minimum atomic E-state index is -0.280. The predicted molar refractivity (Wildman–Crippen MR) is 89.8 cm³/mol. The lowest BCUT2D eigenvalue weighted by Gasteiger charge is -2.36. The fourth-order valence-electron chi connectivity index (χ4n) is 3.03. The van der Waals surface area contributed by atoms with E-state index in [1.807, 2.05) is 0 Å². The predicted octanol–water partition coefficient (Wildman–Crippen LogP) is 3.33.